The Labute approximate surface area is 161 Å². The van der Waals surface area contributed by atoms with Gasteiger partial charge in [-0.2, -0.15) is 5.10 Å². The summed E-state index contributed by atoms with van der Waals surface area (Å²) in [6, 6.07) is 10.0. The molecule has 6 nitrogen and oxygen atoms in total. The van der Waals surface area contributed by atoms with Gasteiger partial charge in [-0.05, 0) is 19.3 Å². The van der Waals surface area contributed by atoms with Crippen LogP contribution in [-0.2, 0) is 6.42 Å². The molecule has 7 heteroatoms. The van der Waals surface area contributed by atoms with Gasteiger partial charge in [-0.15, -0.1) is 11.8 Å². The second-order valence-corrected chi connectivity index (χ2v) is 8.13. The molecule has 2 aliphatic rings. The number of H-pyrrole nitrogens is 1. The van der Waals surface area contributed by atoms with Crippen molar-refractivity contribution in [3.8, 4) is 0 Å². The number of rotatable bonds is 4. The van der Waals surface area contributed by atoms with E-state index in [9.17, 15) is 4.79 Å². The van der Waals surface area contributed by atoms with Gasteiger partial charge in [0.05, 0.1) is 10.7 Å². The lowest BCUT2D eigenvalue weighted by atomic mass is 9.85. The standard InChI is InChI=1S/C20H21N5OS/c1-2-14-16-19(26)23-17(24-25(16)18(21-14)12-9-6-10-12)15-11-27-20(22-15)13-7-4-3-5-8-13/h3-5,7-8,12,15H,2,6,9-11H2,1H3,(H,23,24,26). The van der Waals surface area contributed by atoms with Crippen LogP contribution in [-0.4, -0.2) is 30.4 Å². The van der Waals surface area contributed by atoms with Crippen LogP contribution in [0.2, 0.25) is 0 Å². The molecule has 1 aromatic carbocycles. The van der Waals surface area contributed by atoms with Gasteiger partial charge in [0.1, 0.15) is 11.9 Å². The van der Waals surface area contributed by atoms with E-state index < -0.39 is 0 Å². The first-order chi connectivity index (χ1) is 13.2. The average molecular weight is 379 g/mol. The normalized spacial score (nSPS) is 20.0. The van der Waals surface area contributed by atoms with E-state index >= 15 is 0 Å². The molecular weight excluding hydrogens is 358 g/mol. The molecule has 27 heavy (non-hydrogen) atoms. The van der Waals surface area contributed by atoms with Gasteiger partial charge < -0.3 is 4.98 Å². The summed E-state index contributed by atoms with van der Waals surface area (Å²) in [6.07, 6.45) is 4.21. The molecule has 1 atom stereocenters. The van der Waals surface area contributed by atoms with Crippen molar-refractivity contribution in [1.29, 1.82) is 0 Å². The second kappa shape index (κ2) is 6.64. The lowest BCUT2D eigenvalue weighted by molar-refractivity contribution is 0.394. The lowest BCUT2D eigenvalue weighted by Gasteiger charge is -2.23. The molecule has 1 N–H and O–H groups in total. The summed E-state index contributed by atoms with van der Waals surface area (Å²) < 4.78 is 1.80. The number of hydrogen-bond donors (Lipinski definition) is 1. The minimum atomic E-state index is -0.135. The Morgan fingerprint density at radius 3 is 2.78 bits per heavy atom. The zero-order valence-corrected chi connectivity index (χ0v) is 16.0. The van der Waals surface area contributed by atoms with Gasteiger partial charge in [0.2, 0.25) is 0 Å². The number of fused-ring (bicyclic) bond motifs is 1. The van der Waals surface area contributed by atoms with Crippen molar-refractivity contribution in [2.24, 2.45) is 4.99 Å². The third-order valence-electron chi connectivity index (χ3n) is 5.41. The molecule has 1 fully saturated rings. The van der Waals surface area contributed by atoms with Gasteiger partial charge in [-0.25, -0.2) is 9.50 Å². The van der Waals surface area contributed by atoms with E-state index in [0.717, 1.165) is 47.1 Å². The average Bonchev–Trinajstić information content (AvgIpc) is 3.27. The van der Waals surface area contributed by atoms with Crippen molar-refractivity contribution in [1.82, 2.24) is 19.6 Å². The van der Waals surface area contributed by atoms with Crippen LogP contribution in [0, 0.1) is 0 Å². The predicted molar refractivity (Wildman–Crippen MR) is 108 cm³/mol. The lowest BCUT2D eigenvalue weighted by Crippen LogP contribution is -2.21. The zero-order valence-electron chi connectivity index (χ0n) is 15.2. The third-order valence-corrected chi connectivity index (χ3v) is 6.51. The molecule has 3 heterocycles. The van der Waals surface area contributed by atoms with E-state index in [1.54, 1.807) is 16.3 Å². The zero-order chi connectivity index (χ0) is 18.4. The number of aromatic nitrogens is 4. The van der Waals surface area contributed by atoms with E-state index in [1.807, 2.05) is 25.1 Å². The molecule has 1 aliphatic carbocycles. The van der Waals surface area contributed by atoms with Crippen molar-refractivity contribution in [3.63, 3.8) is 0 Å². The minimum absolute atomic E-state index is 0.108. The van der Waals surface area contributed by atoms with Crippen molar-refractivity contribution < 1.29 is 0 Å². The minimum Gasteiger partial charge on any atom is -0.305 e. The maximum atomic E-state index is 12.8. The van der Waals surface area contributed by atoms with Crippen molar-refractivity contribution in [2.45, 2.75) is 44.6 Å². The van der Waals surface area contributed by atoms with Gasteiger partial charge >= 0.3 is 0 Å². The molecule has 0 radical (unpaired) electrons. The number of aryl methyl sites for hydroxylation is 1. The number of imidazole rings is 1. The van der Waals surface area contributed by atoms with Crippen molar-refractivity contribution in [2.75, 3.05) is 5.75 Å². The molecule has 138 valence electrons. The largest absolute Gasteiger partial charge is 0.305 e. The number of benzene rings is 1. The first kappa shape index (κ1) is 16.7. The van der Waals surface area contributed by atoms with Crippen LogP contribution in [0.3, 0.4) is 0 Å². The molecule has 1 unspecified atom stereocenters. The Morgan fingerprint density at radius 1 is 1.26 bits per heavy atom. The topological polar surface area (TPSA) is 75.4 Å². The SMILES string of the molecule is CCc1nc(C2CCC2)n2nc(C3CSC(c4ccccc4)=N3)[nH]c(=O)c12. The number of aliphatic imine (C=N–C) groups is 1. The number of thioether (sulfide) groups is 1. The Balaban J connectivity index is 1.58. The first-order valence-corrected chi connectivity index (χ1v) is 10.5. The van der Waals surface area contributed by atoms with Gasteiger partial charge in [-0.1, -0.05) is 43.7 Å². The predicted octanol–water partition coefficient (Wildman–Crippen LogP) is 3.48. The van der Waals surface area contributed by atoms with Crippen LogP contribution >= 0.6 is 11.8 Å². The second-order valence-electron chi connectivity index (χ2n) is 7.12. The summed E-state index contributed by atoms with van der Waals surface area (Å²) in [5, 5.41) is 5.80. The van der Waals surface area contributed by atoms with Crippen LogP contribution in [0.15, 0.2) is 40.1 Å². The summed E-state index contributed by atoms with van der Waals surface area (Å²) in [5.41, 5.74) is 2.44. The smallest absolute Gasteiger partial charge is 0.277 e. The van der Waals surface area contributed by atoms with E-state index in [4.69, 9.17) is 15.1 Å². The third kappa shape index (κ3) is 2.81. The molecule has 0 amide bonds. The molecule has 2 aromatic heterocycles. The molecule has 0 bridgehead atoms. The highest BCUT2D eigenvalue weighted by Crippen LogP contribution is 2.36. The summed E-state index contributed by atoms with van der Waals surface area (Å²) >= 11 is 1.71. The quantitative estimate of drug-likeness (QED) is 0.753. The molecule has 3 aromatic rings. The van der Waals surface area contributed by atoms with Crippen LogP contribution in [0.1, 0.15) is 61.1 Å². The Bertz CT molecular complexity index is 1080. The van der Waals surface area contributed by atoms with Crippen molar-refractivity contribution in [3.05, 3.63) is 63.6 Å². The van der Waals surface area contributed by atoms with Gasteiger partial charge in [-0.3, -0.25) is 9.79 Å². The maximum Gasteiger partial charge on any atom is 0.277 e. The number of aromatic amines is 1. The molecule has 5 rings (SSSR count). The first-order valence-electron chi connectivity index (χ1n) is 9.52. The fourth-order valence-electron chi connectivity index (χ4n) is 3.69. The fourth-order valence-corrected chi connectivity index (χ4v) is 4.74. The van der Waals surface area contributed by atoms with Crippen molar-refractivity contribution >= 4 is 22.3 Å². The molecule has 1 saturated carbocycles. The number of hydrogen-bond acceptors (Lipinski definition) is 5. The van der Waals surface area contributed by atoms with E-state index in [-0.39, 0.29) is 11.6 Å². The number of nitrogens with zero attached hydrogens (tertiary/aromatic N) is 4. The highest BCUT2D eigenvalue weighted by Gasteiger charge is 2.29. The molecule has 0 spiro atoms. The Morgan fingerprint density at radius 2 is 2.07 bits per heavy atom. The van der Waals surface area contributed by atoms with E-state index in [2.05, 4.69) is 17.1 Å². The monoisotopic (exact) mass is 379 g/mol. The maximum absolute atomic E-state index is 12.8. The number of nitrogens with one attached hydrogen (secondary N) is 1. The highest BCUT2D eigenvalue weighted by molar-refractivity contribution is 8.14. The Hall–Kier alpha value is -2.41. The summed E-state index contributed by atoms with van der Waals surface area (Å²) in [7, 11) is 0. The van der Waals surface area contributed by atoms with Crippen LogP contribution in [0.4, 0.5) is 0 Å². The van der Waals surface area contributed by atoms with Gasteiger partial charge in [0.25, 0.3) is 5.56 Å². The highest BCUT2D eigenvalue weighted by atomic mass is 32.2. The van der Waals surface area contributed by atoms with E-state index in [0.29, 0.717) is 17.3 Å². The summed E-state index contributed by atoms with van der Waals surface area (Å²) in [5.74, 6) is 2.78. The van der Waals surface area contributed by atoms with Gasteiger partial charge in [0.15, 0.2) is 11.3 Å². The molecule has 0 saturated heterocycles. The molecular formula is C20H21N5OS. The van der Waals surface area contributed by atoms with Crippen LogP contribution in [0.25, 0.3) is 5.52 Å². The van der Waals surface area contributed by atoms with Crippen LogP contribution < -0.4 is 5.56 Å². The van der Waals surface area contributed by atoms with E-state index in [1.165, 1.54) is 6.42 Å². The fraction of sp³-hybridized carbons (Fsp3) is 0.400. The van der Waals surface area contributed by atoms with Crippen LogP contribution in [0.5, 0.6) is 0 Å². The Kier molecular flexibility index (Phi) is 4.11. The summed E-state index contributed by atoms with van der Waals surface area (Å²) in [6.45, 7) is 2.03. The summed E-state index contributed by atoms with van der Waals surface area (Å²) in [4.78, 5) is 25.4. The van der Waals surface area contributed by atoms with Gasteiger partial charge in [0, 0.05) is 17.2 Å². The molecule has 1 aliphatic heterocycles.